The number of halogens is 2. The summed E-state index contributed by atoms with van der Waals surface area (Å²) in [7, 11) is 0. The van der Waals surface area contributed by atoms with Gasteiger partial charge in [-0.1, -0.05) is 12.1 Å². The van der Waals surface area contributed by atoms with Gasteiger partial charge in [-0.2, -0.15) is 0 Å². The molecule has 0 bridgehead atoms. The van der Waals surface area contributed by atoms with Crippen LogP contribution in [0.25, 0.3) is 0 Å². The third-order valence-electron chi connectivity index (χ3n) is 2.50. The summed E-state index contributed by atoms with van der Waals surface area (Å²) in [5.74, 6) is -0.695. The molecule has 5 heteroatoms. The Labute approximate surface area is 112 Å². The Hall–Kier alpha value is -1.75. The Kier molecular flexibility index (Phi) is 3.72. The standard InChI is InChI=1S/C13H11BrFNO2/c14-10-5-4-9(6-11(10)15)16-7-8-2-1-3-12(17)13(8)18/h1-6,16-18H,7H2. The first kappa shape index (κ1) is 12.7. The highest BCUT2D eigenvalue weighted by atomic mass is 79.9. The maximum absolute atomic E-state index is 13.3. The summed E-state index contributed by atoms with van der Waals surface area (Å²) in [6.45, 7) is 0.293. The molecule has 0 aliphatic heterocycles. The summed E-state index contributed by atoms with van der Waals surface area (Å²) in [6, 6.07) is 9.38. The molecule has 0 spiro atoms. The number of aromatic hydroxyl groups is 2. The van der Waals surface area contributed by atoms with E-state index in [2.05, 4.69) is 21.2 Å². The first-order valence-electron chi connectivity index (χ1n) is 5.26. The van der Waals surface area contributed by atoms with Gasteiger partial charge in [0.25, 0.3) is 0 Å². The van der Waals surface area contributed by atoms with Crippen LogP contribution in [-0.4, -0.2) is 10.2 Å². The third-order valence-corrected chi connectivity index (χ3v) is 3.14. The molecule has 0 atom stereocenters. The van der Waals surface area contributed by atoms with Gasteiger partial charge in [0.2, 0.25) is 0 Å². The lowest BCUT2D eigenvalue weighted by molar-refractivity contribution is 0.400. The largest absolute Gasteiger partial charge is 0.504 e. The lowest BCUT2D eigenvalue weighted by Crippen LogP contribution is -2.00. The van der Waals surface area contributed by atoms with Crippen molar-refractivity contribution in [3.63, 3.8) is 0 Å². The molecule has 2 aromatic carbocycles. The molecule has 2 aromatic rings. The zero-order chi connectivity index (χ0) is 13.1. The van der Waals surface area contributed by atoms with Crippen molar-refractivity contribution in [2.75, 3.05) is 5.32 Å². The molecule has 2 rings (SSSR count). The third kappa shape index (κ3) is 2.73. The first-order chi connectivity index (χ1) is 8.58. The lowest BCUT2D eigenvalue weighted by atomic mass is 10.2. The zero-order valence-electron chi connectivity index (χ0n) is 9.32. The van der Waals surface area contributed by atoms with Crippen LogP contribution >= 0.6 is 15.9 Å². The molecule has 0 saturated heterocycles. The summed E-state index contributed by atoms with van der Waals surface area (Å²) >= 11 is 3.07. The number of hydrogen-bond donors (Lipinski definition) is 3. The van der Waals surface area contributed by atoms with Gasteiger partial charge in [-0.25, -0.2) is 4.39 Å². The maximum Gasteiger partial charge on any atom is 0.162 e. The van der Waals surface area contributed by atoms with E-state index < -0.39 is 0 Å². The predicted molar refractivity (Wildman–Crippen MR) is 71.2 cm³/mol. The average molecular weight is 312 g/mol. The van der Waals surface area contributed by atoms with Gasteiger partial charge in [-0.3, -0.25) is 0 Å². The number of phenols is 2. The van der Waals surface area contributed by atoms with Gasteiger partial charge in [0.05, 0.1) is 4.47 Å². The molecule has 0 radical (unpaired) electrons. The van der Waals surface area contributed by atoms with Crippen LogP contribution in [0.1, 0.15) is 5.56 Å². The normalized spacial score (nSPS) is 10.3. The fraction of sp³-hybridized carbons (Fsp3) is 0.0769. The van der Waals surface area contributed by atoms with Gasteiger partial charge < -0.3 is 15.5 Å². The molecule has 3 nitrogen and oxygen atoms in total. The Bertz CT molecular complexity index is 575. The van der Waals surface area contributed by atoms with Gasteiger partial charge in [-0.05, 0) is 40.2 Å². The monoisotopic (exact) mass is 311 g/mol. The van der Waals surface area contributed by atoms with Crippen LogP contribution in [0.5, 0.6) is 11.5 Å². The molecule has 0 amide bonds. The van der Waals surface area contributed by atoms with Crippen molar-refractivity contribution >= 4 is 21.6 Å². The molecule has 0 aliphatic carbocycles. The molecule has 0 heterocycles. The van der Waals surface area contributed by atoms with E-state index in [1.165, 1.54) is 12.1 Å². The van der Waals surface area contributed by atoms with E-state index >= 15 is 0 Å². The molecule has 0 fully saturated rings. The Morgan fingerprint density at radius 2 is 1.94 bits per heavy atom. The van der Waals surface area contributed by atoms with Crippen LogP contribution in [0.4, 0.5) is 10.1 Å². The van der Waals surface area contributed by atoms with Crippen LogP contribution in [0.15, 0.2) is 40.9 Å². The first-order valence-corrected chi connectivity index (χ1v) is 6.06. The lowest BCUT2D eigenvalue weighted by Gasteiger charge is -2.09. The van der Waals surface area contributed by atoms with Gasteiger partial charge in [0, 0.05) is 17.8 Å². The minimum Gasteiger partial charge on any atom is -0.504 e. The fourth-order valence-corrected chi connectivity index (χ4v) is 1.77. The summed E-state index contributed by atoms with van der Waals surface area (Å²) in [5, 5.41) is 21.9. The molecular formula is C13H11BrFNO2. The molecular weight excluding hydrogens is 301 g/mol. The highest BCUT2D eigenvalue weighted by molar-refractivity contribution is 9.10. The van der Waals surface area contributed by atoms with E-state index in [1.54, 1.807) is 24.3 Å². The summed E-state index contributed by atoms with van der Waals surface area (Å²) in [5.41, 5.74) is 1.14. The number of benzene rings is 2. The smallest absolute Gasteiger partial charge is 0.162 e. The number of hydrogen-bond acceptors (Lipinski definition) is 3. The van der Waals surface area contributed by atoms with Crippen LogP contribution in [-0.2, 0) is 6.54 Å². The SMILES string of the molecule is Oc1cccc(CNc2ccc(Br)c(F)c2)c1O. The van der Waals surface area contributed by atoms with E-state index in [4.69, 9.17) is 0 Å². The second kappa shape index (κ2) is 5.27. The van der Waals surface area contributed by atoms with Gasteiger partial charge in [0.15, 0.2) is 11.5 Å². The Balaban J connectivity index is 2.11. The number of anilines is 1. The highest BCUT2D eigenvalue weighted by Crippen LogP contribution is 2.29. The van der Waals surface area contributed by atoms with Crippen molar-refractivity contribution in [1.82, 2.24) is 0 Å². The van der Waals surface area contributed by atoms with Crippen molar-refractivity contribution in [1.29, 1.82) is 0 Å². The second-order valence-corrected chi connectivity index (χ2v) is 4.62. The van der Waals surface area contributed by atoms with Crippen molar-refractivity contribution in [2.45, 2.75) is 6.54 Å². The predicted octanol–water partition coefficient (Wildman–Crippen LogP) is 3.61. The molecule has 0 aliphatic rings. The van der Waals surface area contributed by atoms with E-state index in [-0.39, 0.29) is 17.3 Å². The quantitative estimate of drug-likeness (QED) is 0.759. The van der Waals surface area contributed by atoms with Crippen LogP contribution in [0.3, 0.4) is 0 Å². The summed E-state index contributed by atoms with van der Waals surface area (Å²) in [6.07, 6.45) is 0. The van der Waals surface area contributed by atoms with E-state index in [0.29, 0.717) is 22.3 Å². The minimum atomic E-state index is -0.361. The number of rotatable bonds is 3. The van der Waals surface area contributed by atoms with E-state index in [0.717, 1.165) is 0 Å². The molecule has 0 saturated carbocycles. The fourth-order valence-electron chi connectivity index (χ4n) is 1.52. The van der Waals surface area contributed by atoms with E-state index in [9.17, 15) is 14.6 Å². The summed E-state index contributed by atoms with van der Waals surface area (Å²) in [4.78, 5) is 0. The second-order valence-electron chi connectivity index (χ2n) is 3.77. The number of phenolic OH excluding ortho intramolecular Hbond substituents is 2. The molecule has 94 valence electrons. The van der Waals surface area contributed by atoms with Crippen LogP contribution in [0, 0.1) is 5.82 Å². The Morgan fingerprint density at radius 3 is 2.67 bits per heavy atom. The number of nitrogens with one attached hydrogen (secondary N) is 1. The molecule has 0 unspecified atom stereocenters. The van der Waals surface area contributed by atoms with Crippen molar-refractivity contribution in [3.8, 4) is 11.5 Å². The van der Waals surface area contributed by atoms with Crippen LogP contribution < -0.4 is 5.32 Å². The van der Waals surface area contributed by atoms with Gasteiger partial charge in [0.1, 0.15) is 5.82 Å². The van der Waals surface area contributed by atoms with Gasteiger partial charge in [-0.15, -0.1) is 0 Å². The topological polar surface area (TPSA) is 52.5 Å². The number of para-hydroxylation sites is 1. The molecule has 3 N–H and O–H groups in total. The zero-order valence-corrected chi connectivity index (χ0v) is 10.9. The highest BCUT2D eigenvalue weighted by Gasteiger charge is 2.06. The van der Waals surface area contributed by atoms with Crippen molar-refractivity contribution < 1.29 is 14.6 Å². The van der Waals surface area contributed by atoms with Crippen LogP contribution in [0.2, 0.25) is 0 Å². The maximum atomic E-state index is 13.3. The van der Waals surface area contributed by atoms with E-state index in [1.807, 2.05) is 0 Å². The summed E-state index contributed by atoms with van der Waals surface area (Å²) < 4.78 is 13.7. The Morgan fingerprint density at radius 1 is 1.17 bits per heavy atom. The van der Waals surface area contributed by atoms with Crippen molar-refractivity contribution in [3.05, 3.63) is 52.3 Å². The van der Waals surface area contributed by atoms with Gasteiger partial charge >= 0.3 is 0 Å². The average Bonchev–Trinajstić information content (AvgIpc) is 2.35. The molecule has 18 heavy (non-hydrogen) atoms. The van der Waals surface area contributed by atoms with Crippen molar-refractivity contribution in [2.24, 2.45) is 0 Å². The minimum absolute atomic E-state index is 0.164. The molecule has 0 aromatic heterocycles.